The summed E-state index contributed by atoms with van der Waals surface area (Å²) >= 11 is 0. The fraction of sp³-hybridized carbons (Fsp3) is 0.892. The van der Waals surface area contributed by atoms with Gasteiger partial charge in [0.25, 0.3) is 0 Å². The van der Waals surface area contributed by atoms with Crippen LogP contribution in [0.1, 0.15) is 400 Å². The van der Waals surface area contributed by atoms with Crippen LogP contribution in [0.2, 0.25) is 0 Å². The lowest BCUT2D eigenvalue weighted by atomic mass is 9.84. The molecule has 0 aromatic heterocycles. The van der Waals surface area contributed by atoms with Gasteiger partial charge in [0.1, 0.15) is 92.6 Å². The largest absolute Gasteiger partial charge is 0.472 e. The maximum atomic E-state index is 14.9. The van der Waals surface area contributed by atoms with Crippen molar-refractivity contribution in [3.63, 3.8) is 0 Å². The number of carbonyl (C=O) groups excluding carboxylic acids is 4. The van der Waals surface area contributed by atoms with E-state index < -0.39 is 162 Å². The van der Waals surface area contributed by atoms with Gasteiger partial charge in [0, 0.05) is 25.7 Å². The molecule has 3 fully saturated rings. The quantitative estimate of drug-likeness (QED) is 0.00889. The summed E-state index contributed by atoms with van der Waals surface area (Å²) in [6, 6.07) is 0. The number of aliphatic hydroxyl groups is 9. The molecule has 0 spiro atoms. The third kappa shape index (κ3) is 51.8. The first-order valence-electron chi connectivity index (χ1n) is 47.7. The molecule has 18 atom stereocenters. The van der Waals surface area contributed by atoms with Crippen LogP contribution in [0.5, 0.6) is 0 Å². The van der Waals surface area contributed by atoms with Crippen LogP contribution < -0.4 is 0 Å². The Labute approximate surface area is 717 Å². The molecule has 2 aliphatic heterocycles. The number of unbranched alkanes of at least 4 members (excludes halogenated alkanes) is 47. The first kappa shape index (κ1) is 110. The van der Waals surface area contributed by atoms with Crippen LogP contribution in [0.25, 0.3) is 0 Å². The third-order valence-electron chi connectivity index (χ3n) is 23.1. The Kier molecular flexibility index (Phi) is 66.3. The number of phosphoric ester groups is 1. The number of hydrogen-bond acceptors (Lipinski definition) is 24. The van der Waals surface area contributed by atoms with Crippen molar-refractivity contribution in [1.82, 2.24) is 0 Å². The number of ether oxygens (including phenoxy) is 8. The zero-order valence-corrected chi connectivity index (χ0v) is 75.1. The Bertz CT molecular complexity index is 2610. The van der Waals surface area contributed by atoms with Crippen LogP contribution in [0.4, 0.5) is 0 Å². The summed E-state index contributed by atoms with van der Waals surface area (Å²) in [7, 11) is -5.81. The van der Waals surface area contributed by atoms with E-state index in [9.17, 15) is 74.6 Å². The predicted molar refractivity (Wildman–Crippen MR) is 462 cm³/mol. The molecule has 0 bridgehead atoms. The van der Waals surface area contributed by atoms with Crippen molar-refractivity contribution in [2.24, 2.45) is 0 Å². The van der Waals surface area contributed by atoms with Gasteiger partial charge in [-0.1, -0.05) is 308 Å². The van der Waals surface area contributed by atoms with Crippen molar-refractivity contribution >= 4 is 31.7 Å². The lowest BCUT2D eigenvalue weighted by Gasteiger charge is -2.50. The molecule has 0 amide bonds. The van der Waals surface area contributed by atoms with Crippen LogP contribution in [0.3, 0.4) is 0 Å². The van der Waals surface area contributed by atoms with Crippen LogP contribution in [-0.2, 0) is 70.7 Å². The van der Waals surface area contributed by atoms with Gasteiger partial charge in [0.15, 0.2) is 24.8 Å². The predicted octanol–water partition coefficient (Wildman–Crippen LogP) is 17.9. The third-order valence-corrected chi connectivity index (χ3v) is 24.1. The highest BCUT2D eigenvalue weighted by molar-refractivity contribution is 7.47. The summed E-state index contributed by atoms with van der Waals surface area (Å²) in [6.07, 6.45) is 34.0. The summed E-state index contributed by atoms with van der Waals surface area (Å²) < 4.78 is 73.5. The lowest BCUT2D eigenvalue weighted by molar-refractivity contribution is -0.360. The van der Waals surface area contributed by atoms with Crippen LogP contribution in [0.15, 0.2) is 36.5 Å². The molecular formula is C93H169O25P. The van der Waals surface area contributed by atoms with Crippen molar-refractivity contribution in [2.45, 2.75) is 504 Å². The van der Waals surface area contributed by atoms with E-state index in [0.717, 1.165) is 173 Å². The van der Waals surface area contributed by atoms with Crippen LogP contribution >= 0.6 is 7.82 Å². The Morgan fingerprint density at radius 1 is 0.328 bits per heavy atom. The molecule has 0 radical (unpaired) electrons. The van der Waals surface area contributed by atoms with Gasteiger partial charge in [0.2, 0.25) is 0 Å². The number of aliphatic hydroxyl groups excluding tert-OH is 9. The fourth-order valence-corrected chi connectivity index (χ4v) is 16.4. The van der Waals surface area contributed by atoms with Gasteiger partial charge < -0.3 is 88.7 Å². The highest BCUT2D eigenvalue weighted by Crippen LogP contribution is 2.49. The molecule has 0 aromatic rings. The summed E-state index contributed by atoms with van der Waals surface area (Å²) in [5, 5.41) is 102. The van der Waals surface area contributed by atoms with Gasteiger partial charge in [-0.05, 0) is 103 Å². The zero-order chi connectivity index (χ0) is 86.8. The van der Waals surface area contributed by atoms with Crippen molar-refractivity contribution in [1.29, 1.82) is 0 Å². The van der Waals surface area contributed by atoms with Gasteiger partial charge in [-0.15, -0.1) is 0 Å². The summed E-state index contributed by atoms with van der Waals surface area (Å²) in [5.41, 5.74) is 0. The molecule has 119 heavy (non-hydrogen) atoms. The fourth-order valence-electron chi connectivity index (χ4n) is 15.5. The summed E-state index contributed by atoms with van der Waals surface area (Å²) in [5.74, 6) is -2.98. The van der Waals surface area contributed by atoms with Crippen LogP contribution in [0, 0.1) is 0 Å². The van der Waals surface area contributed by atoms with Crippen LogP contribution in [-0.4, -0.2) is 205 Å². The molecule has 1 aliphatic carbocycles. The van der Waals surface area contributed by atoms with Gasteiger partial charge >= 0.3 is 31.7 Å². The normalized spacial score (nSPS) is 25.0. The minimum Gasteiger partial charge on any atom is -0.463 e. The number of carbonyl (C=O) groups is 4. The molecule has 2 saturated heterocycles. The molecule has 10 N–H and O–H groups in total. The number of allylic oxidation sites excluding steroid dienone is 6. The second kappa shape index (κ2) is 71.8. The molecule has 0 aromatic carbocycles. The average Bonchev–Trinajstić information content (AvgIpc) is 0.754. The number of hydrogen-bond donors (Lipinski definition) is 10. The minimum atomic E-state index is -5.81. The highest BCUT2D eigenvalue weighted by Gasteiger charge is 2.60. The van der Waals surface area contributed by atoms with Crippen molar-refractivity contribution < 1.29 is 122 Å². The molecule has 26 heteroatoms. The standard InChI is InChI=1S/C93H169O25P/c1-5-9-13-17-21-25-29-33-37-41-45-49-53-57-61-65-76(95)109-70-73(112-78(97)67-63-59-55-51-47-43-39-35-31-27-23-19-15-11-7-3)71-111-119(107,108)118-91-89(116-92-86(105)82(101)80(99)74(69-94)113-92)85(104)84(103)88(115-79(98)68-64-60-56-52-48-44-40-36-32-28-24-20-16-12-8-4)90(91)117-93-87(106)83(102)81(100)75(114-93)72-110-77(96)66-62-58-54-50-46-42-38-34-30-26-22-18-14-10-6-2/h25,27-29,31-32,73-75,80-94,99-106H,5-24,26,30,33-72H2,1-4H3,(H,107,108)/b29-25-,31-27-,32-28-. The maximum Gasteiger partial charge on any atom is 0.472 e. The summed E-state index contributed by atoms with van der Waals surface area (Å²) in [4.78, 5) is 66.5. The molecule has 3 aliphatic rings. The molecule has 18 unspecified atom stereocenters. The van der Waals surface area contributed by atoms with Gasteiger partial charge in [-0.3, -0.25) is 28.2 Å². The van der Waals surface area contributed by atoms with E-state index in [-0.39, 0.29) is 25.7 Å². The van der Waals surface area contributed by atoms with Gasteiger partial charge in [-0.2, -0.15) is 0 Å². The first-order valence-corrected chi connectivity index (χ1v) is 49.2. The first-order chi connectivity index (χ1) is 57.7. The molecular weight excluding hydrogens is 1550 g/mol. The highest BCUT2D eigenvalue weighted by atomic mass is 31.2. The molecule has 2 heterocycles. The van der Waals surface area contributed by atoms with E-state index in [4.69, 9.17) is 46.9 Å². The number of esters is 4. The SMILES string of the molecule is CCCCCC/C=C\CCCCCCCCCC(=O)OCC(COP(=O)(O)OC1C(OC2OC(CO)C(O)C(O)C2O)C(O)C(O)C(OC(=O)CCCCCCCCC/C=C\CCCCCC)C1OC1OC(COC(=O)CCCCCCCCCCCCCCCCC)C(O)C(O)C1O)OC(=O)CCCCCCCCC/C=C\CCCCCC. The maximum absolute atomic E-state index is 14.9. The van der Waals surface area contributed by atoms with Crippen molar-refractivity contribution in [2.75, 3.05) is 26.4 Å². The zero-order valence-electron chi connectivity index (χ0n) is 74.2. The molecule has 3 rings (SSSR count). The Hall–Kier alpha value is -3.31. The smallest absolute Gasteiger partial charge is 0.463 e. The molecule has 696 valence electrons. The van der Waals surface area contributed by atoms with E-state index >= 15 is 0 Å². The van der Waals surface area contributed by atoms with Crippen molar-refractivity contribution in [3.05, 3.63) is 36.5 Å². The van der Waals surface area contributed by atoms with E-state index in [2.05, 4.69) is 64.2 Å². The topological polar surface area (TPSA) is 380 Å². The Balaban J connectivity index is 1.91. The molecule has 1 saturated carbocycles. The van der Waals surface area contributed by atoms with Gasteiger partial charge in [0.05, 0.1) is 13.2 Å². The lowest BCUT2D eigenvalue weighted by Crippen LogP contribution is -2.70. The average molecular weight is 1720 g/mol. The second-order valence-electron chi connectivity index (χ2n) is 33.9. The van der Waals surface area contributed by atoms with Crippen molar-refractivity contribution in [3.8, 4) is 0 Å². The molecule has 25 nitrogen and oxygen atoms in total. The number of phosphoric acid groups is 1. The Morgan fingerprint density at radius 3 is 1.01 bits per heavy atom. The summed E-state index contributed by atoms with van der Waals surface area (Å²) in [6.45, 7) is 5.56. The minimum absolute atomic E-state index is 0.0158. The second-order valence-corrected chi connectivity index (χ2v) is 35.3. The van der Waals surface area contributed by atoms with E-state index in [1.165, 1.54) is 135 Å². The number of rotatable bonds is 77. The Morgan fingerprint density at radius 2 is 0.630 bits per heavy atom. The monoisotopic (exact) mass is 1720 g/mol. The van der Waals surface area contributed by atoms with Gasteiger partial charge in [-0.25, -0.2) is 4.57 Å². The van der Waals surface area contributed by atoms with E-state index in [1.54, 1.807) is 0 Å². The van der Waals surface area contributed by atoms with E-state index in [0.29, 0.717) is 38.5 Å². The van der Waals surface area contributed by atoms with E-state index in [1.807, 2.05) is 0 Å².